The molecule has 1 heterocycles. The number of nitrogens with zero attached hydrogens (tertiary/aromatic N) is 1. The van der Waals surface area contributed by atoms with Gasteiger partial charge in [0.05, 0.1) is 11.5 Å². The largest absolute Gasteiger partial charge is 0.399 e. The molecule has 0 amide bonds. The second kappa shape index (κ2) is 5.21. The van der Waals surface area contributed by atoms with Crippen molar-refractivity contribution in [1.29, 1.82) is 0 Å². The van der Waals surface area contributed by atoms with Crippen molar-refractivity contribution >= 4 is 15.7 Å². The van der Waals surface area contributed by atoms with Crippen LogP contribution < -0.4 is 5.73 Å². The van der Waals surface area contributed by atoms with Gasteiger partial charge in [-0.05, 0) is 24.6 Å². The van der Waals surface area contributed by atoms with Crippen molar-refractivity contribution in [2.24, 2.45) is 0 Å². The average molecular weight is 274 g/mol. The lowest BCUT2D eigenvalue weighted by atomic mass is 10.3. The summed E-state index contributed by atoms with van der Waals surface area (Å²) >= 11 is 0. The second-order valence-corrected chi connectivity index (χ2v) is 6.03. The lowest BCUT2D eigenvalue weighted by molar-refractivity contribution is 0.148. The van der Waals surface area contributed by atoms with Crippen molar-refractivity contribution in [2.75, 3.05) is 32.0 Å². The average Bonchev–Trinajstić information content (AvgIpc) is 2.56. The van der Waals surface area contributed by atoms with Gasteiger partial charge in [-0.3, -0.25) is 0 Å². The summed E-state index contributed by atoms with van der Waals surface area (Å²) in [5.74, 6) is -0.653. The molecule has 7 heteroatoms. The SMILES string of the molecule is Nc1cc(F)cc(S(=O)(=O)N2CCCOCC2)c1. The number of ether oxygens (including phenoxy) is 1. The Morgan fingerprint density at radius 2 is 2.00 bits per heavy atom. The minimum Gasteiger partial charge on any atom is -0.399 e. The van der Waals surface area contributed by atoms with Crippen LogP contribution >= 0.6 is 0 Å². The molecule has 18 heavy (non-hydrogen) atoms. The first-order chi connectivity index (χ1) is 8.50. The van der Waals surface area contributed by atoms with Crippen LogP contribution in [0.4, 0.5) is 10.1 Å². The molecule has 0 bridgehead atoms. The zero-order valence-electron chi connectivity index (χ0n) is 9.80. The molecule has 100 valence electrons. The Morgan fingerprint density at radius 1 is 1.22 bits per heavy atom. The van der Waals surface area contributed by atoms with Gasteiger partial charge in [0, 0.05) is 25.4 Å². The first-order valence-electron chi connectivity index (χ1n) is 5.64. The number of rotatable bonds is 2. The summed E-state index contributed by atoms with van der Waals surface area (Å²) in [6.45, 7) is 1.54. The van der Waals surface area contributed by atoms with Gasteiger partial charge in [-0.25, -0.2) is 12.8 Å². The Hall–Kier alpha value is -1.18. The minimum atomic E-state index is -3.70. The van der Waals surface area contributed by atoms with E-state index in [4.69, 9.17) is 10.5 Å². The van der Waals surface area contributed by atoms with Gasteiger partial charge in [0.25, 0.3) is 0 Å². The van der Waals surface area contributed by atoms with Crippen molar-refractivity contribution < 1.29 is 17.5 Å². The van der Waals surface area contributed by atoms with E-state index in [1.54, 1.807) is 0 Å². The molecule has 1 aliphatic rings. The quantitative estimate of drug-likeness (QED) is 0.810. The van der Waals surface area contributed by atoms with Crippen LogP contribution in [-0.2, 0) is 14.8 Å². The number of nitrogen functional groups attached to an aromatic ring is 1. The zero-order chi connectivity index (χ0) is 13.2. The summed E-state index contributed by atoms with van der Waals surface area (Å²) in [6, 6.07) is 3.34. The molecule has 1 aromatic carbocycles. The first kappa shape index (κ1) is 13.3. The standard InChI is InChI=1S/C11H15FN2O3S/c12-9-6-10(13)8-11(7-9)18(15,16)14-2-1-4-17-5-3-14/h6-8H,1-5,13H2. The van der Waals surface area contributed by atoms with E-state index in [1.807, 2.05) is 0 Å². The lowest BCUT2D eigenvalue weighted by Crippen LogP contribution is -2.33. The van der Waals surface area contributed by atoms with E-state index in [9.17, 15) is 12.8 Å². The third-order valence-electron chi connectivity index (χ3n) is 2.71. The molecule has 1 aromatic rings. The van der Waals surface area contributed by atoms with Crippen LogP contribution in [0.25, 0.3) is 0 Å². The van der Waals surface area contributed by atoms with Crippen LogP contribution in [0.3, 0.4) is 0 Å². The second-order valence-electron chi connectivity index (χ2n) is 4.09. The normalized spacial score (nSPS) is 18.5. The van der Waals surface area contributed by atoms with Crippen LogP contribution in [0.15, 0.2) is 23.1 Å². The summed E-state index contributed by atoms with van der Waals surface area (Å²) in [5.41, 5.74) is 5.57. The summed E-state index contributed by atoms with van der Waals surface area (Å²) < 4.78 is 44.3. The predicted molar refractivity (Wildman–Crippen MR) is 65.0 cm³/mol. The van der Waals surface area contributed by atoms with Gasteiger partial charge in [0.15, 0.2) is 0 Å². The van der Waals surface area contributed by atoms with Gasteiger partial charge >= 0.3 is 0 Å². The molecule has 2 rings (SSSR count). The third-order valence-corrected chi connectivity index (χ3v) is 4.59. The molecule has 0 aliphatic carbocycles. The molecule has 0 radical (unpaired) electrons. The topological polar surface area (TPSA) is 72.6 Å². The van der Waals surface area contributed by atoms with Gasteiger partial charge in [-0.2, -0.15) is 4.31 Å². The van der Waals surface area contributed by atoms with Crippen molar-refractivity contribution in [3.05, 3.63) is 24.0 Å². The van der Waals surface area contributed by atoms with Crippen LogP contribution in [0, 0.1) is 5.82 Å². The highest BCUT2D eigenvalue weighted by molar-refractivity contribution is 7.89. The highest BCUT2D eigenvalue weighted by Gasteiger charge is 2.26. The van der Waals surface area contributed by atoms with Gasteiger partial charge in [-0.1, -0.05) is 0 Å². The number of benzene rings is 1. The first-order valence-corrected chi connectivity index (χ1v) is 7.08. The number of nitrogens with two attached hydrogens (primary N) is 1. The van der Waals surface area contributed by atoms with E-state index >= 15 is 0 Å². The van der Waals surface area contributed by atoms with Gasteiger partial charge in [0.1, 0.15) is 5.82 Å². The van der Waals surface area contributed by atoms with Crippen molar-refractivity contribution in [3.63, 3.8) is 0 Å². The Labute approximate surface area is 105 Å². The van der Waals surface area contributed by atoms with Crippen LogP contribution in [0.5, 0.6) is 0 Å². The van der Waals surface area contributed by atoms with Gasteiger partial charge < -0.3 is 10.5 Å². The molecular weight excluding hydrogens is 259 g/mol. The Bertz CT molecular complexity index is 505. The van der Waals surface area contributed by atoms with E-state index < -0.39 is 15.8 Å². The van der Waals surface area contributed by atoms with Crippen molar-refractivity contribution in [2.45, 2.75) is 11.3 Å². The van der Waals surface area contributed by atoms with E-state index in [1.165, 1.54) is 10.4 Å². The molecule has 0 atom stereocenters. The molecule has 0 unspecified atom stereocenters. The van der Waals surface area contributed by atoms with E-state index in [0.717, 1.165) is 12.1 Å². The number of halogens is 1. The molecule has 5 nitrogen and oxygen atoms in total. The maximum Gasteiger partial charge on any atom is 0.243 e. The Balaban J connectivity index is 2.34. The molecule has 0 spiro atoms. The molecule has 2 N–H and O–H groups in total. The van der Waals surface area contributed by atoms with Crippen LogP contribution in [0.2, 0.25) is 0 Å². The molecule has 1 saturated heterocycles. The Morgan fingerprint density at radius 3 is 2.72 bits per heavy atom. The van der Waals surface area contributed by atoms with E-state index in [2.05, 4.69) is 0 Å². The van der Waals surface area contributed by atoms with E-state index in [0.29, 0.717) is 26.2 Å². The van der Waals surface area contributed by atoms with Gasteiger partial charge in [-0.15, -0.1) is 0 Å². The fourth-order valence-corrected chi connectivity index (χ4v) is 3.37. The predicted octanol–water partition coefficient (Wildman–Crippen LogP) is 0.819. The number of anilines is 1. The minimum absolute atomic E-state index is 0.0969. The summed E-state index contributed by atoms with van der Waals surface area (Å²) in [6.07, 6.45) is 0.629. The Kier molecular flexibility index (Phi) is 3.84. The summed E-state index contributed by atoms with van der Waals surface area (Å²) in [4.78, 5) is -0.109. The van der Waals surface area contributed by atoms with Crippen molar-refractivity contribution in [3.8, 4) is 0 Å². The fraction of sp³-hybridized carbons (Fsp3) is 0.455. The number of hydrogen-bond donors (Lipinski definition) is 1. The highest BCUT2D eigenvalue weighted by Crippen LogP contribution is 2.20. The van der Waals surface area contributed by atoms with Crippen molar-refractivity contribution in [1.82, 2.24) is 4.31 Å². The summed E-state index contributed by atoms with van der Waals surface area (Å²) in [5, 5.41) is 0. The fourth-order valence-electron chi connectivity index (χ4n) is 1.85. The maximum absolute atomic E-state index is 13.2. The molecule has 1 fully saturated rings. The smallest absolute Gasteiger partial charge is 0.243 e. The van der Waals surface area contributed by atoms with Gasteiger partial charge in [0.2, 0.25) is 10.0 Å². The molecule has 1 aliphatic heterocycles. The highest BCUT2D eigenvalue weighted by atomic mass is 32.2. The number of hydrogen-bond acceptors (Lipinski definition) is 4. The molecule has 0 saturated carbocycles. The van der Waals surface area contributed by atoms with E-state index in [-0.39, 0.29) is 17.1 Å². The lowest BCUT2D eigenvalue weighted by Gasteiger charge is -2.19. The zero-order valence-corrected chi connectivity index (χ0v) is 10.6. The third kappa shape index (κ3) is 2.80. The molecule has 0 aromatic heterocycles. The van der Waals surface area contributed by atoms with Crippen LogP contribution in [0.1, 0.15) is 6.42 Å². The number of sulfonamides is 1. The molecular formula is C11H15FN2O3S. The monoisotopic (exact) mass is 274 g/mol. The summed E-state index contributed by atoms with van der Waals surface area (Å²) in [7, 11) is -3.70. The van der Waals surface area contributed by atoms with Crippen LogP contribution in [-0.4, -0.2) is 39.0 Å². The maximum atomic E-state index is 13.2.